The summed E-state index contributed by atoms with van der Waals surface area (Å²) in [5.41, 5.74) is 9.59. The van der Waals surface area contributed by atoms with E-state index in [1.165, 1.54) is 18.4 Å². The van der Waals surface area contributed by atoms with Gasteiger partial charge in [0.1, 0.15) is 0 Å². The summed E-state index contributed by atoms with van der Waals surface area (Å²) in [6.45, 7) is 3.85. The summed E-state index contributed by atoms with van der Waals surface area (Å²) in [7, 11) is -3.30. The lowest BCUT2D eigenvalue weighted by molar-refractivity contribution is 0.437. The van der Waals surface area contributed by atoms with Gasteiger partial charge in [0.05, 0.1) is 10.6 Å². The van der Waals surface area contributed by atoms with E-state index in [9.17, 15) is 8.42 Å². The Bertz CT molecular complexity index is 642. The van der Waals surface area contributed by atoms with Crippen molar-refractivity contribution >= 4 is 21.2 Å². The first-order valence-electron chi connectivity index (χ1n) is 6.56. The Morgan fingerprint density at radius 2 is 2.00 bits per heavy atom. The Morgan fingerprint density at radius 1 is 1.35 bits per heavy atom. The fourth-order valence-corrected chi connectivity index (χ4v) is 3.31. The first kappa shape index (κ1) is 14.7. The minimum absolute atomic E-state index is 0.295. The van der Waals surface area contributed by atoms with Gasteiger partial charge in [0.25, 0.3) is 0 Å². The van der Waals surface area contributed by atoms with Crippen LogP contribution in [0.4, 0.5) is 11.4 Å². The molecule has 0 amide bonds. The first-order valence-corrected chi connectivity index (χ1v) is 8.45. The van der Waals surface area contributed by atoms with Gasteiger partial charge in [-0.25, -0.2) is 8.42 Å². The molecule has 0 spiro atoms. The van der Waals surface area contributed by atoms with Gasteiger partial charge in [0, 0.05) is 29.9 Å². The number of hydrogen-bond acceptors (Lipinski definition) is 4. The topological polar surface area (TPSA) is 86.1 Å². The molecule has 1 heterocycles. The van der Waals surface area contributed by atoms with E-state index in [-0.39, 0.29) is 0 Å². The van der Waals surface area contributed by atoms with Crippen LogP contribution in [0.5, 0.6) is 0 Å². The van der Waals surface area contributed by atoms with Crippen molar-refractivity contribution in [2.75, 3.05) is 24.2 Å². The summed E-state index contributed by atoms with van der Waals surface area (Å²) < 4.78 is 23.8. The molecule has 1 aromatic rings. The lowest BCUT2D eigenvalue weighted by Crippen LogP contribution is -2.33. The summed E-state index contributed by atoms with van der Waals surface area (Å²) in [4.78, 5) is 5.11. The molecule has 0 aromatic heterocycles. The minimum Gasteiger partial charge on any atom is -0.370 e. The number of piperidine rings is 1. The number of azide groups is 1. The van der Waals surface area contributed by atoms with Crippen molar-refractivity contribution in [1.29, 1.82) is 0 Å². The van der Waals surface area contributed by atoms with Crippen LogP contribution in [0.15, 0.2) is 28.2 Å². The van der Waals surface area contributed by atoms with Gasteiger partial charge >= 0.3 is 0 Å². The van der Waals surface area contributed by atoms with Crippen LogP contribution in [0.3, 0.4) is 0 Å². The maximum atomic E-state index is 11.9. The second-order valence-corrected chi connectivity index (χ2v) is 7.27. The van der Waals surface area contributed by atoms with E-state index in [4.69, 9.17) is 5.53 Å². The Balaban J connectivity index is 2.46. The maximum Gasteiger partial charge on any atom is 0.177 e. The molecule has 20 heavy (non-hydrogen) atoms. The first-order chi connectivity index (χ1) is 9.41. The zero-order chi connectivity index (χ0) is 14.8. The number of rotatable bonds is 3. The Hall–Kier alpha value is -1.72. The lowest BCUT2D eigenvalue weighted by atomic mass is 9.99. The van der Waals surface area contributed by atoms with E-state index in [0.29, 0.717) is 22.2 Å². The van der Waals surface area contributed by atoms with Gasteiger partial charge in [0.15, 0.2) is 9.84 Å². The third-order valence-electron chi connectivity index (χ3n) is 3.63. The molecule has 1 fully saturated rings. The number of benzene rings is 1. The Morgan fingerprint density at radius 3 is 2.55 bits per heavy atom. The monoisotopic (exact) mass is 294 g/mol. The highest BCUT2D eigenvalue weighted by Gasteiger charge is 2.22. The fraction of sp³-hybridized carbons (Fsp3) is 0.538. The van der Waals surface area contributed by atoms with Gasteiger partial charge in [-0.05, 0) is 36.4 Å². The largest absolute Gasteiger partial charge is 0.370 e. The quantitative estimate of drug-likeness (QED) is 0.487. The summed E-state index contributed by atoms with van der Waals surface area (Å²) in [5, 5.41) is 3.56. The highest BCUT2D eigenvalue weighted by molar-refractivity contribution is 7.90. The number of anilines is 1. The summed E-state index contributed by atoms with van der Waals surface area (Å²) >= 11 is 0. The molecule has 0 radical (unpaired) electrons. The predicted octanol–water partition coefficient (Wildman–Crippen LogP) is 3.27. The van der Waals surface area contributed by atoms with Crippen LogP contribution in [0, 0.1) is 5.92 Å². The molecule has 0 atom stereocenters. The van der Waals surface area contributed by atoms with E-state index in [1.54, 1.807) is 6.07 Å². The average molecular weight is 294 g/mol. The Labute approximate surface area is 118 Å². The molecule has 7 heteroatoms. The van der Waals surface area contributed by atoms with Crippen LogP contribution in [-0.4, -0.2) is 27.8 Å². The third-order valence-corrected chi connectivity index (χ3v) is 4.77. The van der Waals surface area contributed by atoms with Gasteiger partial charge in [-0.1, -0.05) is 18.1 Å². The van der Waals surface area contributed by atoms with Crippen molar-refractivity contribution in [1.82, 2.24) is 0 Å². The molecule has 6 nitrogen and oxygen atoms in total. The molecule has 0 N–H and O–H groups in total. The van der Waals surface area contributed by atoms with Gasteiger partial charge in [0.2, 0.25) is 0 Å². The second kappa shape index (κ2) is 5.73. The molecule has 0 aliphatic carbocycles. The summed E-state index contributed by atoms with van der Waals surface area (Å²) in [6.07, 6.45) is 3.27. The molecule has 1 saturated heterocycles. The molecular formula is C13H18N4O2S. The molecule has 108 valence electrons. The van der Waals surface area contributed by atoms with Crippen LogP contribution >= 0.6 is 0 Å². The molecule has 0 bridgehead atoms. The van der Waals surface area contributed by atoms with Crippen LogP contribution in [-0.2, 0) is 9.84 Å². The van der Waals surface area contributed by atoms with Crippen molar-refractivity contribution < 1.29 is 8.42 Å². The van der Waals surface area contributed by atoms with E-state index in [1.807, 2.05) is 0 Å². The molecule has 1 aromatic carbocycles. The molecule has 1 aliphatic rings. The standard InChI is InChI=1S/C13H18N4O2S/c1-10-5-7-17(8-6-10)12-9-11(15-16-14)3-4-13(12)20(2,18)19/h3-4,9-10H,5-8H2,1-2H3. The molecule has 0 unspecified atom stereocenters. The predicted molar refractivity (Wildman–Crippen MR) is 79.0 cm³/mol. The third kappa shape index (κ3) is 3.23. The van der Waals surface area contributed by atoms with E-state index in [0.717, 1.165) is 25.9 Å². The van der Waals surface area contributed by atoms with Crippen molar-refractivity contribution in [3.63, 3.8) is 0 Å². The highest BCUT2D eigenvalue weighted by atomic mass is 32.2. The highest BCUT2D eigenvalue weighted by Crippen LogP contribution is 2.32. The average Bonchev–Trinajstić information content (AvgIpc) is 2.38. The molecule has 2 rings (SSSR count). The fourth-order valence-electron chi connectivity index (χ4n) is 2.43. The summed E-state index contributed by atoms with van der Waals surface area (Å²) in [5.74, 6) is 0.660. The van der Waals surface area contributed by atoms with Crippen molar-refractivity contribution in [2.45, 2.75) is 24.7 Å². The van der Waals surface area contributed by atoms with E-state index < -0.39 is 9.84 Å². The number of hydrogen-bond donors (Lipinski definition) is 0. The smallest absolute Gasteiger partial charge is 0.177 e. The SMILES string of the molecule is CC1CCN(c2cc(N=[N+]=[N-])ccc2S(C)(=O)=O)CC1. The normalized spacial score (nSPS) is 16.8. The summed E-state index contributed by atoms with van der Waals surface area (Å²) in [6, 6.07) is 4.71. The minimum atomic E-state index is -3.30. The van der Waals surface area contributed by atoms with Crippen molar-refractivity contribution in [3.8, 4) is 0 Å². The second-order valence-electron chi connectivity index (χ2n) is 5.28. The zero-order valence-corrected chi connectivity index (χ0v) is 12.5. The van der Waals surface area contributed by atoms with Crippen LogP contribution < -0.4 is 4.90 Å². The van der Waals surface area contributed by atoms with Gasteiger partial charge in [-0.3, -0.25) is 0 Å². The van der Waals surface area contributed by atoms with Crippen LogP contribution in [0.1, 0.15) is 19.8 Å². The van der Waals surface area contributed by atoms with Crippen LogP contribution in [0.25, 0.3) is 10.4 Å². The van der Waals surface area contributed by atoms with Gasteiger partial charge in [-0.15, -0.1) is 0 Å². The zero-order valence-electron chi connectivity index (χ0n) is 11.7. The molecule has 0 saturated carbocycles. The number of sulfone groups is 1. The lowest BCUT2D eigenvalue weighted by Gasteiger charge is -2.33. The van der Waals surface area contributed by atoms with Gasteiger partial charge in [-0.2, -0.15) is 0 Å². The van der Waals surface area contributed by atoms with Crippen LogP contribution in [0.2, 0.25) is 0 Å². The van der Waals surface area contributed by atoms with Crippen molar-refractivity contribution in [3.05, 3.63) is 28.6 Å². The van der Waals surface area contributed by atoms with Crippen molar-refractivity contribution in [2.24, 2.45) is 11.0 Å². The molecular weight excluding hydrogens is 276 g/mol. The number of nitrogens with zero attached hydrogens (tertiary/aromatic N) is 4. The van der Waals surface area contributed by atoms with Gasteiger partial charge < -0.3 is 4.90 Å². The Kier molecular flexibility index (Phi) is 4.20. The van der Waals surface area contributed by atoms with E-state index >= 15 is 0 Å². The van der Waals surface area contributed by atoms with E-state index in [2.05, 4.69) is 21.8 Å². The maximum absolute atomic E-state index is 11.9. The molecule has 1 aliphatic heterocycles.